The second-order valence-corrected chi connectivity index (χ2v) is 6.97. The van der Waals surface area contributed by atoms with Crippen LogP contribution in [0.2, 0.25) is 0 Å². The molecule has 0 aliphatic carbocycles. The van der Waals surface area contributed by atoms with Crippen LogP contribution in [0.25, 0.3) is 6.08 Å². The van der Waals surface area contributed by atoms with Crippen molar-refractivity contribution in [3.8, 4) is 5.75 Å². The Bertz CT molecular complexity index is 687. The first-order chi connectivity index (χ1) is 11.5. The van der Waals surface area contributed by atoms with Gasteiger partial charge in [0.25, 0.3) is 5.91 Å². The molecule has 1 aromatic carbocycles. The highest BCUT2D eigenvalue weighted by Gasteiger charge is 2.40. The number of hydrogen-bond acceptors (Lipinski definition) is 5. The molecule has 0 unspecified atom stereocenters. The molecule has 1 atom stereocenters. The summed E-state index contributed by atoms with van der Waals surface area (Å²) >= 11 is 6.38. The van der Waals surface area contributed by atoms with Gasteiger partial charge in [0, 0.05) is 5.56 Å². The van der Waals surface area contributed by atoms with Crippen LogP contribution < -0.4 is 4.74 Å². The minimum atomic E-state index is -1.03. The zero-order valence-electron chi connectivity index (χ0n) is 13.5. The molecule has 0 saturated carbocycles. The van der Waals surface area contributed by atoms with Crippen LogP contribution in [-0.4, -0.2) is 39.4 Å². The summed E-state index contributed by atoms with van der Waals surface area (Å²) in [6.45, 7) is 1.98. The van der Waals surface area contributed by atoms with Crippen LogP contribution in [-0.2, 0) is 9.59 Å². The Morgan fingerprint density at radius 1 is 1.46 bits per heavy atom. The van der Waals surface area contributed by atoms with Crippen LogP contribution in [0.5, 0.6) is 5.75 Å². The summed E-state index contributed by atoms with van der Waals surface area (Å²) in [4.78, 5) is 25.9. The Kier molecular flexibility index (Phi) is 6.39. The molecule has 0 spiro atoms. The van der Waals surface area contributed by atoms with Gasteiger partial charge in [-0.05, 0) is 18.6 Å². The molecule has 7 heteroatoms. The lowest BCUT2D eigenvalue weighted by Crippen LogP contribution is -2.43. The van der Waals surface area contributed by atoms with Gasteiger partial charge in [-0.15, -0.1) is 0 Å². The maximum absolute atomic E-state index is 12.7. The summed E-state index contributed by atoms with van der Waals surface area (Å²) < 4.78 is 5.56. The summed E-state index contributed by atoms with van der Waals surface area (Å²) in [6.07, 6.45) is 3.66. The zero-order valence-corrected chi connectivity index (χ0v) is 15.2. The van der Waals surface area contributed by atoms with E-state index in [0.717, 1.165) is 30.2 Å². The van der Waals surface area contributed by atoms with Crippen molar-refractivity contribution in [2.45, 2.75) is 32.2 Å². The van der Waals surface area contributed by atoms with Gasteiger partial charge in [-0.1, -0.05) is 61.9 Å². The molecule has 0 aromatic heterocycles. The van der Waals surface area contributed by atoms with Gasteiger partial charge in [0.15, 0.2) is 0 Å². The van der Waals surface area contributed by atoms with Crippen LogP contribution in [0, 0.1) is 0 Å². The van der Waals surface area contributed by atoms with E-state index in [1.807, 2.05) is 25.1 Å². The number of benzene rings is 1. The fourth-order valence-electron chi connectivity index (χ4n) is 2.44. The average molecular weight is 365 g/mol. The highest BCUT2D eigenvalue weighted by Crippen LogP contribution is 2.36. The number of thioether (sulfide) groups is 1. The van der Waals surface area contributed by atoms with Crippen molar-refractivity contribution in [1.82, 2.24) is 4.90 Å². The van der Waals surface area contributed by atoms with E-state index in [4.69, 9.17) is 17.0 Å². The van der Waals surface area contributed by atoms with E-state index in [0.29, 0.717) is 17.1 Å². The van der Waals surface area contributed by atoms with Gasteiger partial charge < -0.3 is 9.84 Å². The van der Waals surface area contributed by atoms with Gasteiger partial charge in [0.05, 0.1) is 12.0 Å². The van der Waals surface area contributed by atoms with E-state index in [1.165, 1.54) is 4.90 Å². The summed E-state index contributed by atoms with van der Waals surface area (Å²) in [5, 5.41) is 9.45. The quantitative estimate of drug-likeness (QED) is 0.589. The lowest BCUT2D eigenvalue weighted by atomic mass is 10.1. The van der Waals surface area contributed by atoms with Gasteiger partial charge in [-0.25, -0.2) is 4.79 Å². The van der Waals surface area contributed by atoms with Crippen LogP contribution in [0.3, 0.4) is 0 Å². The number of nitrogens with zero attached hydrogens (tertiary/aromatic N) is 1. The van der Waals surface area contributed by atoms with Crippen molar-refractivity contribution in [2.75, 3.05) is 7.11 Å². The van der Waals surface area contributed by atoms with Crippen molar-refractivity contribution in [1.29, 1.82) is 0 Å². The van der Waals surface area contributed by atoms with Crippen molar-refractivity contribution in [3.63, 3.8) is 0 Å². The summed E-state index contributed by atoms with van der Waals surface area (Å²) in [5.41, 5.74) is 0.751. The van der Waals surface area contributed by atoms with Gasteiger partial charge >= 0.3 is 5.97 Å². The lowest BCUT2D eigenvalue weighted by Gasteiger charge is -2.22. The number of aliphatic carboxylic acids is 1. The predicted molar refractivity (Wildman–Crippen MR) is 99.0 cm³/mol. The number of ether oxygens (including phenoxy) is 1. The Balaban J connectivity index is 2.30. The van der Waals surface area contributed by atoms with E-state index < -0.39 is 12.0 Å². The molecule has 128 valence electrons. The largest absolute Gasteiger partial charge is 0.496 e. The highest BCUT2D eigenvalue weighted by atomic mass is 32.2. The molecule has 1 amide bonds. The first-order valence-electron chi connectivity index (χ1n) is 7.62. The number of para-hydroxylation sites is 1. The molecule has 2 rings (SSSR count). The molecular weight excluding hydrogens is 346 g/mol. The molecule has 1 fully saturated rings. The van der Waals surface area contributed by atoms with Crippen LogP contribution in [0.4, 0.5) is 0 Å². The third kappa shape index (κ3) is 3.96. The monoisotopic (exact) mass is 365 g/mol. The zero-order chi connectivity index (χ0) is 17.7. The number of amides is 1. The molecule has 1 aromatic rings. The SMILES string of the molecule is CCCC[C@@H](C(=O)O)N1C(=O)/C(=C/c2ccccc2OC)SC1=S. The van der Waals surface area contributed by atoms with Crippen molar-refractivity contribution in [2.24, 2.45) is 0 Å². The molecule has 0 bridgehead atoms. The lowest BCUT2D eigenvalue weighted by molar-refractivity contribution is -0.145. The molecule has 1 heterocycles. The minimum Gasteiger partial charge on any atom is -0.496 e. The molecule has 5 nitrogen and oxygen atoms in total. The first kappa shape index (κ1) is 18.5. The van der Waals surface area contributed by atoms with E-state index in [-0.39, 0.29) is 10.2 Å². The van der Waals surface area contributed by atoms with Gasteiger partial charge in [0.1, 0.15) is 16.1 Å². The van der Waals surface area contributed by atoms with Crippen LogP contribution >= 0.6 is 24.0 Å². The molecular formula is C17H19NO4S2. The highest BCUT2D eigenvalue weighted by molar-refractivity contribution is 8.26. The molecule has 1 aliphatic rings. The molecule has 0 radical (unpaired) electrons. The smallest absolute Gasteiger partial charge is 0.326 e. The Morgan fingerprint density at radius 2 is 2.17 bits per heavy atom. The summed E-state index contributed by atoms with van der Waals surface area (Å²) in [6, 6.07) is 6.40. The van der Waals surface area contributed by atoms with Crippen molar-refractivity contribution < 1.29 is 19.4 Å². The van der Waals surface area contributed by atoms with Gasteiger partial charge in [-0.2, -0.15) is 0 Å². The molecule has 24 heavy (non-hydrogen) atoms. The number of carbonyl (C=O) groups is 2. The Morgan fingerprint density at radius 3 is 2.79 bits per heavy atom. The minimum absolute atomic E-state index is 0.282. The second-order valence-electron chi connectivity index (χ2n) is 5.29. The third-order valence-electron chi connectivity index (χ3n) is 3.68. The maximum Gasteiger partial charge on any atom is 0.326 e. The number of hydrogen-bond donors (Lipinski definition) is 1. The average Bonchev–Trinajstić information content (AvgIpc) is 2.83. The molecule has 1 N–H and O–H groups in total. The van der Waals surface area contributed by atoms with Crippen molar-refractivity contribution >= 4 is 46.3 Å². The second kappa shape index (κ2) is 8.30. The number of unbranched alkanes of at least 4 members (excludes halogenated alkanes) is 1. The number of carboxylic acid groups (broad SMARTS) is 1. The normalized spacial score (nSPS) is 17.4. The molecule has 1 saturated heterocycles. The van der Waals surface area contributed by atoms with Crippen molar-refractivity contribution in [3.05, 3.63) is 34.7 Å². The van der Waals surface area contributed by atoms with Crippen LogP contribution in [0.1, 0.15) is 31.7 Å². The van der Waals surface area contributed by atoms with E-state index in [2.05, 4.69) is 0 Å². The summed E-state index contributed by atoms with van der Waals surface area (Å²) in [7, 11) is 1.56. The first-order valence-corrected chi connectivity index (χ1v) is 8.85. The maximum atomic E-state index is 12.7. The van der Waals surface area contributed by atoms with Crippen LogP contribution in [0.15, 0.2) is 29.2 Å². The number of carboxylic acids is 1. The van der Waals surface area contributed by atoms with E-state index in [9.17, 15) is 14.7 Å². The standard InChI is InChI=1S/C17H19NO4S2/c1-3-4-8-12(16(20)21)18-15(19)14(24-17(18)23)10-11-7-5-6-9-13(11)22-2/h5-7,9-10,12H,3-4,8H2,1-2H3,(H,20,21)/b14-10-/t12-/m0/s1. The molecule has 1 aliphatic heterocycles. The Labute approximate surface area is 150 Å². The number of methoxy groups -OCH3 is 1. The summed E-state index contributed by atoms with van der Waals surface area (Å²) in [5.74, 6) is -0.749. The Hall–Kier alpha value is -1.86. The number of rotatable bonds is 7. The van der Waals surface area contributed by atoms with Gasteiger partial charge in [-0.3, -0.25) is 9.69 Å². The third-order valence-corrected chi connectivity index (χ3v) is 5.01. The number of carbonyl (C=O) groups excluding carboxylic acids is 1. The van der Waals surface area contributed by atoms with Gasteiger partial charge in [0.2, 0.25) is 0 Å². The van der Waals surface area contributed by atoms with E-state index in [1.54, 1.807) is 19.3 Å². The fraction of sp³-hybridized carbons (Fsp3) is 0.353. The fourth-order valence-corrected chi connectivity index (χ4v) is 3.78. The van der Waals surface area contributed by atoms with E-state index >= 15 is 0 Å². The topological polar surface area (TPSA) is 66.8 Å². The predicted octanol–water partition coefficient (Wildman–Crippen LogP) is 3.54. The number of thiocarbonyl (C=S) groups is 1.